The number of carbonyl (C=O) groups excluding carboxylic acids is 3. The number of anilines is 4. The highest BCUT2D eigenvalue weighted by Gasteiger charge is 2.36. The zero-order chi connectivity index (χ0) is 25.9. The van der Waals surface area contributed by atoms with Crippen molar-refractivity contribution >= 4 is 51.8 Å². The van der Waals surface area contributed by atoms with Crippen molar-refractivity contribution in [2.75, 3.05) is 54.9 Å². The van der Waals surface area contributed by atoms with Crippen molar-refractivity contribution in [1.82, 2.24) is 14.8 Å². The highest BCUT2D eigenvalue weighted by atomic mass is 32.1. The summed E-state index contributed by atoms with van der Waals surface area (Å²) in [6.45, 7) is 4.95. The van der Waals surface area contributed by atoms with Gasteiger partial charge in [-0.15, -0.1) is 11.3 Å². The van der Waals surface area contributed by atoms with E-state index in [0.29, 0.717) is 31.1 Å². The van der Waals surface area contributed by atoms with Crippen molar-refractivity contribution in [2.45, 2.75) is 19.4 Å². The van der Waals surface area contributed by atoms with E-state index in [1.165, 1.54) is 18.3 Å². The van der Waals surface area contributed by atoms with E-state index in [1.54, 1.807) is 18.1 Å². The second-order valence-corrected chi connectivity index (χ2v) is 10.2. The first-order valence-electron chi connectivity index (χ1n) is 12.3. The molecule has 2 aliphatic rings. The molecule has 2 saturated heterocycles. The number of thiazole rings is 1. The number of nitrogens with one attached hydrogen (secondary N) is 1. The summed E-state index contributed by atoms with van der Waals surface area (Å²) >= 11 is 1.37. The molecule has 2 fully saturated rings. The second-order valence-electron chi connectivity index (χ2n) is 9.33. The van der Waals surface area contributed by atoms with E-state index in [9.17, 15) is 14.4 Å². The van der Waals surface area contributed by atoms with Crippen LogP contribution in [0.15, 0.2) is 60.1 Å². The Hall–Kier alpha value is -3.76. The molecule has 192 valence electrons. The van der Waals surface area contributed by atoms with Crippen LogP contribution in [-0.4, -0.2) is 78.3 Å². The smallest absolute Gasteiger partial charge is 0.282 e. The number of carbonyl (C=O) groups is 3. The van der Waals surface area contributed by atoms with Crippen LogP contribution < -0.4 is 15.1 Å². The molecule has 0 spiro atoms. The van der Waals surface area contributed by atoms with E-state index in [4.69, 9.17) is 0 Å². The minimum Gasteiger partial charge on any atom is -0.355 e. The molecular formula is C27H30N6O3S. The number of benzene rings is 2. The molecule has 0 radical (unpaired) electrons. The van der Waals surface area contributed by atoms with E-state index < -0.39 is 0 Å². The summed E-state index contributed by atoms with van der Waals surface area (Å²) in [5.74, 6) is 0.0803. The molecular weight excluding hydrogens is 488 g/mol. The van der Waals surface area contributed by atoms with Crippen LogP contribution in [0, 0.1) is 0 Å². The van der Waals surface area contributed by atoms with Crippen molar-refractivity contribution < 1.29 is 14.4 Å². The largest absolute Gasteiger partial charge is 0.355 e. The van der Waals surface area contributed by atoms with Gasteiger partial charge in [0, 0.05) is 93.5 Å². The zero-order valence-electron chi connectivity index (χ0n) is 21.0. The number of amides is 3. The maximum atomic E-state index is 13.0. The monoisotopic (exact) mass is 518 g/mol. The van der Waals surface area contributed by atoms with Crippen LogP contribution in [0.3, 0.4) is 0 Å². The lowest BCUT2D eigenvalue weighted by atomic mass is 10.2. The molecule has 37 heavy (non-hydrogen) atoms. The summed E-state index contributed by atoms with van der Waals surface area (Å²) in [5, 5.41) is 5.73. The van der Waals surface area contributed by atoms with E-state index >= 15 is 0 Å². The highest BCUT2D eigenvalue weighted by Crippen LogP contribution is 2.29. The standard InChI is InChI=1S/C27H30N6O3S/c1-19(34)30(2)22-8-6-20(7-9-22)29-21-4-3-5-23(16-21)33-18-24(17-25(33)35)31-11-13-32(14-12-31)27(36)26-28-10-15-37-26/h3-10,15-16,24,29H,11-14,17-18H2,1-2H3. The number of hydrogen-bond acceptors (Lipinski definition) is 7. The van der Waals surface area contributed by atoms with Crippen LogP contribution in [0.2, 0.25) is 0 Å². The van der Waals surface area contributed by atoms with Gasteiger partial charge in [0.2, 0.25) is 11.8 Å². The molecule has 9 nitrogen and oxygen atoms in total. The third kappa shape index (κ3) is 5.50. The van der Waals surface area contributed by atoms with Crippen LogP contribution in [-0.2, 0) is 9.59 Å². The molecule has 0 aliphatic carbocycles. The molecule has 3 amide bonds. The maximum Gasteiger partial charge on any atom is 0.282 e. The summed E-state index contributed by atoms with van der Waals surface area (Å²) in [4.78, 5) is 48.9. The molecule has 0 saturated carbocycles. The summed E-state index contributed by atoms with van der Waals surface area (Å²) < 4.78 is 0. The molecule has 3 aromatic rings. The van der Waals surface area contributed by atoms with Crippen molar-refractivity contribution in [3.8, 4) is 0 Å². The fourth-order valence-corrected chi connectivity index (χ4v) is 5.41. The number of piperazine rings is 1. The summed E-state index contributed by atoms with van der Waals surface area (Å²) in [7, 11) is 1.75. The van der Waals surface area contributed by atoms with E-state index in [-0.39, 0.29) is 23.8 Å². The normalized spacial score (nSPS) is 18.2. The summed E-state index contributed by atoms with van der Waals surface area (Å²) in [6.07, 6.45) is 2.13. The van der Waals surface area contributed by atoms with Crippen LogP contribution in [0.4, 0.5) is 22.7 Å². The Bertz CT molecular complexity index is 1270. The van der Waals surface area contributed by atoms with E-state index in [1.807, 2.05) is 63.7 Å². The van der Waals surface area contributed by atoms with Crippen molar-refractivity contribution in [1.29, 1.82) is 0 Å². The molecule has 1 aromatic heterocycles. The Morgan fingerprint density at radius 2 is 1.81 bits per heavy atom. The number of nitrogens with zero attached hydrogens (tertiary/aromatic N) is 5. The first kappa shape index (κ1) is 24.9. The number of aromatic nitrogens is 1. The van der Waals surface area contributed by atoms with Crippen LogP contribution in [0.25, 0.3) is 0 Å². The van der Waals surface area contributed by atoms with Crippen molar-refractivity contribution in [2.24, 2.45) is 0 Å². The van der Waals surface area contributed by atoms with Crippen LogP contribution in [0.1, 0.15) is 23.1 Å². The van der Waals surface area contributed by atoms with Gasteiger partial charge in [0.05, 0.1) is 0 Å². The average Bonchev–Trinajstić information content (AvgIpc) is 3.59. The maximum absolute atomic E-state index is 13.0. The second kappa shape index (κ2) is 10.7. The number of hydrogen-bond donors (Lipinski definition) is 1. The van der Waals surface area contributed by atoms with Gasteiger partial charge in [-0.05, 0) is 42.5 Å². The van der Waals surface area contributed by atoms with Crippen LogP contribution in [0.5, 0.6) is 0 Å². The lowest BCUT2D eigenvalue weighted by molar-refractivity contribution is -0.117. The van der Waals surface area contributed by atoms with Gasteiger partial charge in [0.15, 0.2) is 5.01 Å². The molecule has 5 rings (SSSR count). The SMILES string of the molecule is CC(=O)N(C)c1ccc(Nc2cccc(N3CC(N4CCN(C(=O)c5nccs5)CC4)CC3=O)c2)cc1. The highest BCUT2D eigenvalue weighted by molar-refractivity contribution is 7.11. The fourth-order valence-electron chi connectivity index (χ4n) is 4.81. The van der Waals surface area contributed by atoms with Gasteiger partial charge >= 0.3 is 0 Å². The zero-order valence-corrected chi connectivity index (χ0v) is 21.8. The van der Waals surface area contributed by atoms with Gasteiger partial charge in [-0.1, -0.05) is 6.07 Å². The number of rotatable bonds is 6. The molecule has 3 heterocycles. The molecule has 1 atom stereocenters. The third-order valence-corrected chi connectivity index (χ3v) is 7.77. The first-order chi connectivity index (χ1) is 17.9. The first-order valence-corrected chi connectivity index (χ1v) is 13.2. The fraction of sp³-hybridized carbons (Fsp3) is 0.333. The molecule has 10 heteroatoms. The minimum absolute atomic E-state index is 0.0106. The molecule has 2 aromatic carbocycles. The van der Waals surface area contributed by atoms with Crippen molar-refractivity contribution in [3.63, 3.8) is 0 Å². The quantitative estimate of drug-likeness (QED) is 0.538. The van der Waals surface area contributed by atoms with Gasteiger partial charge in [-0.3, -0.25) is 19.3 Å². The summed E-state index contributed by atoms with van der Waals surface area (Å²) in [6, 6.07) is 15.6. The average molecular weight is 519 g/mol. The van der Waals surface area contributed by atoms with Gasteiger partial charge in [0.25, 0.3) is 5.91 Å². The Balaban J connectivity index is 1.19. The van der Waals surface area contributed by atoms with E-state index in [0.717, 1.165) is 35.8 Å². The predicted octanol–water partition coefficient (Wildman–Crippen LogP) is 3.43. The molecule has 0 bridgehead atoms. The molecule has 2 aliphatic heterocycles. The Morgan fingerprint density at radius 1 is 1.05 bits per heavy atom. The Kier molecular flexibility index (Phi) is 7.20. The van der Waals surface area contributed by atoms with Crippen molar-refractivity contribution in [3.05, 3.63) is 65.1 Å². The third-order valence-electron chi connectivity index (χ3n) is 7.01. The lowest BCUT2D eigenvalue weighted by Crippen LogP contribution is -2.52. The predicted molar refractivity (Wildman–Crippen MR) is 146 cm³/mol. The van der Waals surface area contributed by atoms with E-state index in [2.05, 4.69) is 15.2 Å². The molecule has 1 unspecified atom stereocenters. The van der Waals surface area contributed by atoms with Gasteiger partial charge in [-0.2, -0.15) is 0 Å². The lowest BCUT2D eigenvalue weighted by Gasteiger charge is -2.37. The topological polar surface area (TPSA) is 89.1 Å². The van der Waals surface area contributed by atoms with Gasteiger partial charge in [-0.25, -0.2) is 4.98 Å². The Labute approximate surface area is 220 Å². The van der Waals surface area contributed by atoms with Gasteiger partial charge in [0.1, 0.15) is 0 Å². The Morgan fingerprint density at radius 3 is 2.49 bits per heavy atom. The van der Waals surface area contributed by atoms with Crippen LogP contribution >= 0.6 is 11.3 Å². The molecule has 1 N–H and O–H groups in total. The van der Waals surface area contributed by atoms with Gasteiger partial charge < -0.3 is 20.0 Å². The summed E-state index contributed by atoms with van der Waals surface area (Å²) in [5.41, 5.74) is 3.47. The minimum atomic E-state index is -0.0203.